The third-order valence-electron chi connectivity index (χ3n) is 3.43. The molecule has 2 rings (SSSR count). The molecule has 1 aromatic rings. The van der Waals surface area contributed by atoms with E-state index in [1.54, 1.807) is 0 Å². The van der Waals surface area contributed by atoms with Crippen molar-refractivity contribution in [3.8, 4) is 0 Å². The predicted octanol–water partition coefficient (Wildman–Crippen LogP) is 3.09. The van der Waals surface area contributed by atoms with Crippen LogP contribution in [0.5, 0.6) is 0 Å². The third-order valence-corrected chi connectivity index (χ3v) is 4.86. The van der Waals surface area contributed by atoms with Crippen molar-refractivity contribution in [2.24, 2.45) is 0 Å². The molecule has 1 fully saturated rings. The second-order valence-electron chi connectivity index (χ2n) is 4.64. The van der Waals surface area contributed by atoms with E-state index >= 15 is 0 Å². The molecule has 0 unspecified atom stereocenters. The Morgan fingerprint density at radius 1 is 1.47 bits per heavy atom. The van der Waals surface area contributed by atoms with Crippen molar-refractivity contribution in [1.82, 2.24) is 15.1 Å². The van der Waals surface area contributed by atoms with E-state index in [9.17, 15) is 0 Å². The molecule has 0 spiro atoms. The van der Waals surface area contributed by atoms with Crippen LogP contribution in [0.25, 0.3) is 0 Å². The van der Waals surface area contributed by atoms with Crippen molar-refractivity contribution in [1.29, 1.82) is 0 Å². The number of hydrogen-bond acceptors (Lipinski definition) is 2. The first kappa shape index (κ1) is 13.4. The van der Waals surface area contributed by atoms with Crippen LogP contribution in [-0.2, 0) is 19.5 Å². The van der Waals surface area contributed by atoms with Gasteiger partial charge < -0.3 is 5.32 Å². The summed E-state index contributed by atoms with van der Waals surface area (Å²) in [4.78, 5) is 0. The Kier molecular flexibility index (Phi) is 4.16. The Morgan fingerprint density at radius 2 is 2.18 bits per heavy atom. The minimum absolute atomic E-state index is 0.191. The summed E-state index contributed by atoms with van der Waals surface area (Å²) in [5.41, 5.74) is 2.57. The van der Waals surface area contributed by atoms with Crippen molar-refractivity contribution in [3.63, 3.8) is 0 Å². The summed E-state index contributed by atoms with van der Waals surface area (Å²) < 4.78 is 3.22. The predicted molar refractivity (Wildman–Crippen MR) is 74.5 cm³/mol. The second kappa shape index (κ2) is 5.29. The third kappa shape index (κ3) is 2.69. The summed E-state index contributed by atoms with van der Waals surface area (Å²) in [7, 11) is 0. The number of nitrogens with one attached hydrogen (secondary N) is 1. The van der Waals surface area contributed by atoms with Gasteiger partial charge in [-0.15, -0.1) is 11.6 Å². The lowest BCUT2D eigenvalue weighted by Gasteiger charge is -2.14. The van der Waals surface area contributed by atoms with Gasteiger partial charge in [0.25, 0.3) is 0 Å². The zero-order valence-electron chi connectivity index (χ0n) is 10.4. The summed E-state index contributed by atoms with van der Waals surface area (Å²) >= 11 is 9.63. The lowest BCUT2D eigenvalue weighted by molar-refractivity contribution is 0.508. The van der Waals surface area contributed by atoms with Gasteiger partial charge in [0.05, 0.1) is 15.9 Å². The summed E-state index contributed by atoms with van der Waals surface area (Å²) in [6.45, 7) is 6.00. The molecular weight excluding hydrogens is 302 g/mol. The van der Waals surface area contributed by atoms with Crippen LogP contribution in [0.4, 0.5) is 0 Å². The topological polar surface area (TPSA) is 29.9 Å². The molecule has 0 radical (unpaired) electrons. The van der Waals surface area contributed by atoms with Gasteiger partial charge in [0, 0.05) is 24.5 Å². The minimum Gasteiger partial charge on any atom is -0.304 e. The molecule has 1 saturated carbocycles. The second-order valence-corrected chi connectivity index (χ2v) is 5.70. The Balaban J connectivity index is 2.11. The summed E-state index contributed by atoms with van der Waals surface area (Å²) in [5.74, 6) is 0.700. The van der Waals surface area contributed by atoms with Crippen LogP contribution < -0.4 is 5.32 Å². The van der Waals surface area contributed by atoms with Gasteiger partial charge in [0.1, 0.15) is 0 Å². The van der Waals surface area contributed by atoms with Crippen molar-refractivity contribution in [2.75, 3.05) is 5.88 Å². The lowest BCUT2D eigenvalue weighted by atomic mass is 10.2. The van der Waals surface area contributed by atoms with Crippen molar-refractivity contribution in [3.05, 3.63) is 15.9 Å². The first-order chi connectivity index (χ1) is 8.15. The quantitative estimate of drug-likeness (QED) is 0.816. The van der Waals surface area contributed by atoms with Crippen LogP contribution in [-0.4, -0.2) is 21.2 Å². The van der Waals surface area contributed by atoms with E-state index in [1.807, 2.05) is 0 Å². The number of aromatic nitrogens is 2. The lowest BCUT2D eigenvalue weighted by Crippen LogP contribution is -2.33. The Labute approximate surface area is 116 Å². The fourth-order valence-corrected chi connectivity index (χ4v) is 3.03. The van der Waals surface area contributed by atoms with E-state index in [0.717, 1.165) is 29.7 Å². The summed E-state index contributed by atoms with van der Waals surface area (Å²) in [6.07, 6.45) is 3.34. The van der Waals surface area contributed by atoms with Gasteiger partial charge >= 0.3 is 0 Å². The van der Waals surface area contributed by atoms with Gasteiger partial charge in [0.15, 0.2) is 0 Å². The Bertz CT molecular complexity index is 399. The number of aryl methyl sites for hydroxylation is 2. The highest BCUT2D eigenvalue weighted by Crippen LogP contribution is 2.37. The highest BCUT2D eigenvalue weighted by atomic mass is 79.9. The molecule has 1 aliphatic carbocycles. The first-order valence-electron chi connectivity index (χ1n) is 6.21. The van der Waals surface area contributed by atoms with Gasteiger partial charge in [0.2, 0.25) is 0 Å². The van der Waals surface area contributed by atoms with E-state index in [-0.39, 0.29) is 5.54 Å². The van der Waals surface area contributed by atoms with Crippen LogP contribution in [0.3, 0.4) is 0 Å². The zero-order valence-corrected chi connectivity index (χ0v) is 12.7. The van der Waals surface area contributed by atoms with E-state index in [2.05, 4.69) is 44.9 Å². The van der Waals surface area contributed by atoms with Crippen molar-refractivity contribution >= 4 is 27.5 Å². The first-order valence-corrected chi connectivity index (χ1v) is 7.53. The largest absolute Gasteiger partial charge is 0.304 e. The summed E-state index contributed by atoms with van der Waals surface area (Å²) in [5, 5.41) is 8.16. The SMILES string of the molecule is CCc1nn(CC)c(CNC2(CCl)CC2)c1Br. The number of rotatable bonds is 6. The molecule has 0 atom stereocenters. The van der Waals surface area contributed by atoms with Crippen LogP contribution in [0, 0.1) is 0 Å². The highest BCUT2D eigenvalue weighted by Gasteiger charge is 2.41. The fourth-order valence-electron chi connectivity index (χ4n) is 1.97. The minimum atomic E-state index is 0.191. The molecule has 17 heavy (non-hydrogen) atoms. The highest BCUT2D eigenvalue weighted by molar-refractivity contribution is 9.10. The van der Waals surface area contributed by atoms with E-state index in [1.165, 1.54) is 18.5 Å². The average molecular weight is 321 g/mol. The number of halogens is 2. The molecule has 5 heteroatoms. The molecule has 0 aromatic carbocycles. The maximum absolute atomic E-state index is 5.97. The number of nitrogens with zero attached hydrogens (tertiary/aromatic N) is 2. The molecule has 96 valence electrons. The van der Waals surface area contributed by atoms with Crippen LogP contribution >= 0.6 is 27.5 Å². The van der Waals surface area contributed by atoms with Gasteiger partial charge in [-0.2, -0.15) is 5.10 Å². The fraction of sp³-hybridized carbons (Fsp3) is 0.750. The number of hydrogen-bond donors (Lipinski definition) is 1. The normalized spacial score (nSPS) is 17.4. The zero-order chi connectivity index (χ0) is 12.5. The molecule has 1 N–H and O–H groups in total. The van der Waals surface area contributed by atoms with Crippen LogP contribution in [0.2, 0.25) is 0 Å². The Hall–Kier alpha value is -0.0600. The maximum atomic E-state index is 5.97. The maximum Gasteiger partial charge on any atom is 0.0767 e. The van der Waals surface area contributed by atoms with Gasteiger partial charge in [-0.25, -0.2) is 0 Å². The molecule has 3 nitrogen and oxygen atoms in total. The monoisotopic (exact) mass is 319 g/mol. The van der Waals surface area contributed by atoms with Crippen LogP contribution in [0.1, 0.15) is 38.1 Å². The van der Waals surface area contributed by atoms with Gasteiger partial charge in [-0.3, -0.25) is 4.68 Å². The molecule has 1 aliphatic rings. The van der Waals surface area contributed by atoms with Crippen molar-refractivity contribution < 1.29 is 0 Å². The molecule has 1 aromatic heterocycles. The average Bonchev–Trinajstić information content (AvgIpc) is 3.07. The molecule has 0 aliphatic heterocycles. The van der Waals surface area contributed by atoms with Gasteiger partial charge in [-0.05, 0) is 42.1 Å². The van der Waals surface area contributed by atoms with Gasteiger partial charge in [-0.1, -0.05) is 6.92 Å². The van der Waals surface area contributed by atoms with E-state index in [0.29, 0.717) is 5.88 Å². The smallest absolute Gasteiger partial charge is 0.0767 e. The molecule has 1 heterocycles. The molecular formula is C12H19BrClN3. The molecule has 0 saturated heterocycles. The number of alkyl halides is 1. The molecule has 0 amide bonds. The van der Waals surface area contributed by atoms with Crippen molar-refractivity contribution in [2.45, 2.75) is 51.7 Å². The Morgan fingerprint density at radius 3 is 2.65 bits per heavy atom. The van der Waals surface area contributed by atoms with Crippen LogP contribution in [0.15, 0.2) is 4.47 Å². The molecule has 0 bridgehead atoms. The standard InChI is InChI=1S/C12H19BrClN3/c1-3-9-11(13)10(17(4-2)16-9)7-15-12(8-14)5-6-12/h15H,3-8H2,1-2H3. The summed E-state index contributed by atoms with van der Waals surface area (Å²) in [6, 6.07) is 0. The van der Waals surface area contributed by atoms with E-state index in [4.69, 9.17) is 11.6 Å². The van der Waals surface area contributed by atoms with E-state index < -0.39 is 0 Å².